The minimum absolute atomic E-state index is 1.26. The third-order valence-corrected chi connectivity index (χ3v) is 9.05. The fourth-order valence-electron chi connectivity index (χ4n) is 4.74. The van der Waals surface area contributed by atoms with Crippen molar-refractivity contribution in [3.05, 3.63) is 109 Å². The zero-order valence-corrected chi connectivity index (χ0v) is 19.8. The average molecular weight is 457 g/mol. The normalized spacial score (nSPS) is 11.8. The van der Waals surface area contributed by atoms with Gasteiger partial charge in [-0.05, 0) is 70.3 Å². The molecule has 0 saturated carbocycles. The van der Waals surface area contributed by atoms with E-state index in [1.54, 1.807) is 0 Å². The van der Waals surface area contributed by atoms with Crippen LogP contribution >= 0.6 is 22.7 Å². The van der Waals surface area contributed by atoms with Gasteiger partial charge in [0.15, 0.2) is 0 Å². The van der Waals surface area contributed by atoms with Gasteiger partial charge in [-0.15, -0.1) is 22.7 Å². The first-order valence-corrected chi connectivity index (χ1v) is 12.8. The summed E-state index contributed by atoms with van der Waals surface area (Å²) in [5.74, 6) is 0. The number of fused-ring (bicyclic) bond motifs is 6. The quantitative estimate of drug-likeness (QED) is 0.243. The van der Waals surface area contributed by atoms with E-state index in [1.165, 1.54) is 68.2 Å². The smallest absolute Gasteiger partial charge is 0.0542 e. The number of hydrogen-bond donors (Lipinski definition) is 0. The average Bonchev–Trinajstić information content (AvgIpc) is 3.39. The molecule has 0 aliphatic rings. The monoisotopic (exact) mass is 456 g/mol. The molecule has 0 fully saturated rings. The predicted molar refractivity (Wildman–Crippen MR) is 148 cm³/mol. The van der Waals surface area contributed by atoms with Crippen LogP contribution in [-0.4, -0.2) is 0 Å². The molecular formula is C31H20S2. The van der Waals surface area contributed by atoms with E-state index in [0.717, 1.165) is 0 Å². The Bertz CT molecular complexity index is 1800. The topological polar surface area (TPSA) is 0 Å². The van der Waals surface area contributed by atoms with Crippen LogP contribution in [0, 0.1) is 6.92 Å². The lowest BCUT2D eigenvalue weighted by Crippen LogP contribution is -1.78. The first-order chi connectivity index (χ1) is 16.2. The highest BCUT2D eigenvalue weighted by Crippen LogP contribution is 2.46. The Morgan fingerprint density at radius 2 is 1.09 bits per heavy atom. The van der Waals surface area contributed by atoms with Crippen LogP contribution in [0.5, 0.6) is 0 Å². The molecular weight excluding hydrogens is 436 g/mol. The summed E-state index contributed by atoms with van der Waals surface area (Å²) in [6.45, 7) is 2.14. The molecule has 156 valence electrons. The molecule has 0 nitrogen and oxygen atoms in total. The summed E-state index contributed by atoms with van der Waals surface area (Å²) >= 11 is 3.85. The number of hydrogen-bond acceptors (Lipinski definition) is 2. The first-order valence-electron chi connectivity index (χ1n) is 11.2. The van der Waals surface area contributed by atoms with Crippen molar-refractivity contribution in [1.29, 1.82) is 0 Å². The molecule has 2 aromatic heterocycles. The molecule has 0 amide bonds. The minimum atomic E-state index is 1.26. The summed E-state index contributed by atoms with van der Waals surface area (Å²) in [5.41, 5.74) is 6.40. The van der Waals surface area contributed by atoms with Crippen molar-refractivity contribution < 1.29 is 0 Å². The molecule has 0 aliphatic carbocycles. The van der Waals surface area contributed by atoms with Crippen LogP contribution in [-0.2, 0) is 0 Å². The van der Waals surface area contributed by atoms with Crippen molar-refractivity contribution in [2.45, 2.75) is 6.92 Å². The number of aryl methyl sites for hydroxylation is 1. The Kier molecular flexibility index (Phi) is 4.20. The van der Waals surface area contributed by atoms with E-state index in [0.29, 0.717) is 0 Å². The lowest BCUT2D eigenvalue weighted by atomic mass is 10.0. The highest BCUT2D eigenvalue weighted by atomic mass is 32.1. The van der Waals surface area contributed by atoms with Crippen LogP contribution in [0.4, 0.5) is 0 Å². The number of thiophene rings is 2. The van der Waals surface area contributed by atoms with Crippen molar-refractivity contribution in [2.24, 2.45) is 0 Å². The summed E-state index contributed by atoms with van der Waals surface area (Å²) in [5, 5.41) is 5.37. The van der Waals surface area contributed by atoms with E-state index < -0.39 is 0 Å². The second-order valence-corrected chi connectivity index (χ2v) is 10.8. The minimum Gasteiger partial charge on any atom is -0.134 e. The summed E-state index contributed by atoms with van der Waals surface area (Å²) in [4.78, 5) is 0. The Balaban J connectivity index is 1.43. The lowest BCUT2D eigenvalue weighted by molar-refractivity contribution is 1.47. The molecule has 0 N–H and O–H groups in total. The first kappa shape index (κ1) is 19.0. The van der Waals surface area contributed by atoms with E-state index in [1.807, 2.05) is 22.7 Å². The summed E-state index contributed by atoms with van der Waals surface area (Å²) in [7, 11) is 0. The lowest BCUT2D eigenvalue weighted by Gasteiger charge is -2.05. The molecule has 0 unspecified atom stereocenters. The molecule has 0 spiro atoms. The zero-order valence-electron chi connectivity index (χ0n) is 18.1. The standard InChI is InChI=1S/C31H20S2/c1-19-7-9-21(10-8-19)23-13-14-28-26(16-23)30-31(32-28)27-17-25-15-22(20-5-3-2-4-6-20)11-12-24(25)18-29(27)33-30/h2-18H,1H3. The van der Waals surface area contributed by atoms with Crippen LogP contribution in [0.2, 0.25) is 0 Å². The van der Waals surface area contributed by atoms with E-state index >= 15 is 0 Å². The molecule has 0 aliphatic heterocycles. The largest absolute Gasteiger partial charge is 0.134 e. The molecule has 0 radical (unpaired) electrons. The van der Waals surface area contributed by atoms with Gasteiger partial charge in [-0.1, -0.05) is 78.4 Å². The summed E-state index contributed by atoms with van der Waals surface area (Å²) < 4.78 is 5.57. The Morgan fingerprint density at radius 3 is 1.91 bits per heavy atom. The molecule has 33 heavy (non-hydrogen) atoms. The predicted octanol–water partition coefficient (Wildman–Crippen LogP) is 10.1. The van der Waals surface area contributed by atoms with Gasteiger partial charge in [-0.25, -0.2) is 0 Å². The molecule has 0 atom stereocenters. The SMILES string of the molecule is Cc1ccc(-c2ccc3sc4c5cc6cc(-c7ccccc7)ccc6cc5sc4c3c2)cc1. The van der Waals surface area contributed by atoms with Crippen LogP contribution in [0.15, 0.2) is 103 Å². The second-order valence-electron chi connectivity index (χ2n) is 8.72. The summed E-state index contributed by atoms with van der Waals surface area (Å²) in [6.07, 6.45) is 0. The third-order valence-electron chi connectivity index (χ3n) is 6.53. The molecule has 0 saturated heterocycles. The zero-order chi connectivity index (χ0) is 21.9. The Labute approximate surface area is 200 Å². The fourth-order valence-corrected chi connectivity index (χ4v) is 7.38. The maximum absolute atomic E-state index is 2.40. The van der Waals surface area contributed by atoms with Gasteiger partial charge in [0, 0.05) is 20.2 Å². The van der Waals surface area contributed by atoms with E-state index in [-0.39, 0.29) is 0 Å². The highest BCUT2D eigenvalue weighted by molar-refractivity contribution is 7.36. The van der Waals surface area contributed by atoms with Crippen LogP contribution in [0.1, 0.15) is 5.56 Å². The van der Waals surface area contributed by atoms with Gasteiger partial charge < -0.3 is 0 Å². The van der Waals surface area contributed by atoms with Crippen LogP contribution in [0.3, 0.4) is 0 Å². The van der Waals surface area contributed by atoms with E-state index in [4.69, 9.17) is 0 Å². The van der Waals surface area contributed by atoms with Crippen molar-refractivity contribution in [2.75, 3.05) is 0 Å². The Hall–Kier alpha value is -3.46. The second kappa shape index (κ2) is 7.28. The highest BCUT2D eigenvalue weighted by Gasteiger charge is 2.14. The van der Waals surface area contributed by atoms with Crippen molar-refractivity contribution in [1.82, 2.24) is 0 Å². The van der Waals surface area contributed by atoms with Gasteiger partial charge in [0.25, 0.3) is 0 Å². The van der Waals surface area contributed by atoms with Crippen molar-refractivity contribution in [3.8, 4) is 22.3 Å². The van der Waals surface area contributed by atoms with Gasteiger partial charge in [-0.2, -0.15) is 0 Å². The van der Waals surface area contributed by atoms with Crippen LogP contribution in [0.25, 0.3) is 62.6 Å². The maximum atomic E-state index is 2.40. The van der Waals surface area contributed by atoms with Gasteiger partial charge in [0.1, 0.15) is 0 Å². The van der Waals surface area contributed by atoms with Gasteiger partial charge >= 0.3 is 0 Å². The maximum Gasteiger partial charge on any atom is 0.0542 e. The number of benzene rings is 5. The van der Waals surface area contributed by atoms with Crippen molar-refractivity contribution in [3.63, 3.8) is 0 Å². The molecule has 5 aromatic carbocycles. The fraction of sp³-hybridized carbons (Fsp3) is 0.0323. The molecule has 7 aromatic rings. The van der Waals surface area contributed by atoms with Gasteiger partial charge in [0.2, 0.25) is 0 Å². The van der Waals surface area contributed by atoms with E-state index in [9.17, 15) is 0 Å². The molecule has 2 heterocycles. The molecule has 7 rings (SSSR count). The van der Waals surface area contributed by atoms with Crippen LogP contribution < -0.4 is 0 Å². The van der Waals surface area contributed by atoms with Crippen molar-refractivity contribution >= 4 is 63.0 Å². The Morgan fingerprint density at radius 1 is 0.455 bits per heavy atom. The molecule has 2 heteroatoms. The van der Waals surface area contributed by atoms with Gasteiger partial charge in [-0.3, -0.25) is 0 Å². The number of rotatable bonds is 2. The molecule has 0 bridgehead atoms. The third kappa shape index (κ3) is 3.10. The van der Waals surface area contributed by atoms with E-state index in [2.05, 4.69) is 110 Å². The van der Waals surface area contributed by atoms with Gasteiger partial charge in [0.05, 0.1) is 9.40 Å². The summed E-state index contributed by atoms with van der Waals surface area (Å²) in [6, 6.07) is 38.0.